The van der Waals surface area contributed by atoms with E-state index in [0.29, 0.717) is 23.6 Å². The summed E-state index contributed by atoms with van der Waals surface area (Å²) >= 11 is 1.35. The van der Waals surface area contributed by atoms with E-state index in [-0.39, 0.29) is 29.4 Å². The molecule has 1 aliphatic carbocycles. The van der Waals surface area contributed by atoms with Crippen molar-refractivity contribution in [3.8, 4) is 5.75 Å². The first-order valence-corrected chi connectivity index (χ1v) is 12.7. The quantitative estimate of drug-likeness (QED) is 0.533. The van der Waals surface area contributed by atoms with Gasteiger partial charge in [0.15, 0.2) is 0 Å². The van der Waals surface area contributed by atoms with Crippen LogP contribution in [0.5, 0.6) is 5.75 Å². The van der Waals surface area contributed by atoms with E-state index in [0.717, 1.165) is 31.2 Å². The maximum absolute atomic E-state index is 13.9. The normalized spacial score (nSPS) is 15.0. The Bertz CT molecular complexity index is 933. The molecule has 1 aliphatic rings. The fraction of sp³-hybridized carbons (Fsp3) is 0.462. The smallest absolute Gasteiger partial charge is 0.242 e. The number of hydrogen-bond acceptors (Lipinski definition) is 4. The number of amides is 2. The molecule has 0 spiro atoms. The highest BCUT2D eigenvalue weighted by molar-refractivity contribution is 7.99. The molecule has 0 bridgehead atoms. The van der Waals surface area contributed by atoms with Crippen LogP contribution in [0, 0.1) is 5.82 Å². The molecule has 0 saturated heterocycles. The lowest BCUT2D eigenvalue weighted by Gasteiger charge is -2.31. The number of methoxy groups -OCH3 is 1. The number of hydrogen-bond donors (Lipinski definition) is 1. The summed E-state index contributed by atoms with van der Waals surface area (Å²) in [4.78, 5) is 27.9. The second-order valence-corrected chi connectivity index (χ2v) is 9.46. The maximum atomic E-state index is 13.9. The van der Waals surface area contributed by atoms with Gasteiger partial charge in [0.05, 0.1) is 12.9 Å². The monoisotopic (exact) mass is 472 g/mol. The third-order valence-electron chi connectivity index (χ3n) is 6.05. The summed E-state index contributed by atoms with van der Waals surface area (Å²) in [5.41, 5.74) is 1.46. The summed E-state index contributed by atoms with van der Waals surface area (Å²) in [6.07, 6.45) is 5.43. The van der Waals surface area contributed by atoms with E-state index in [2.05, 4.69) is 5.32 Å². The summed E-state index contributed by atoms with van der Waals surface area (Å²) < 4.78 is 19.2. The zero-order valence-corrected chi connectivity index (χ0v) is 20.2. The summed E-state index contributed by atoms with van der Waals surface area (Å²) in [5, 5.41) is 3.14. The lowest BCUT2D eigenvalue weighted by molar-refractivity contribution is -0.139. The first-order chi connectivity index (χ1) is 16.0. The zero-order valence-electron chi connectivity index (χ0n) is 19.4. The number of nitrogens with zero attached hydrogens (tertiary/aromatic N) is 1. The van der Waals surface area contributed by atoms with Gasteiger partial charge in [0.2, 0.25) is 11.8 Å². The Hall–Kier alpha value is -2.54. The van der Waals surface area contributed by atoms with E-state index in [1.54, 1.807) is 37.1 Å². The van der Waals surface area contributed by atoms with E-state index >= 15 is 0 Å². The molecule has 33 heavy (non-hydrogen) atoms. The highest BCUT2D eigenvalue weighted by atomic mass is 32.2. The summed E-state index contributed by atoms with van der Waals surface area (Å²) in [5.74, 6) is 0.717. The molecule has 2 aromatic carbocycles. The predicted molar refractivity (Wildman–Crippen MR) is 131 cm³/mol. The highest BCUT2D eigenvalue weighted by Crippen LogP contribution is 2.21. The second kappa shape index (κ2) is 12.6. The zero-order chi connectivity index (χ0) is 23.6. The third-order valence-corrected chi connectivity index (χ3v) is 7.01. The number of rotatable bonds is 10. The molecule has 0 aliphatic heterocycles. The molecule has 0 radical (unpaired) electrons. The first-order valence-electron chi connectivity index (χ1n) is 11.5. The number of benzene rings is 2. The molecule has 2 aromatic rings. The van der Waals surface area contributed by atoms with Gasteiger partial charge in [-0.3, -0.25) is 9.59 Å². The second-order valence-electron chi connectivity index (χ2n) is 8.48. The average molecular weight is 473 g/mol. The number of ether oxygens (including phenoxy) is 1. The van der Waals surface area contributed by atoms with Crippen molar-refractivity contribution in [2.75, 3.05) is 12.9 Å². The van der Waals surface area contributed by atoms with Gasteiger partial charge in [-0.2, -0.15) is 0 Å². The number of carbonyl (C=O) groups excluding carboxylic acids is 2. The molecule has 0 aromatic heterocycles. The molecule has 7 heteroatoms. The van der Waals surface area contributed by atoms with Gasteiger partial charge in [-0.1, -0.05) is 49.6 Å². The Morgan fingerprint density at radius 1 is 1.15 bits per heavy atom. The van der Waals surface area contributed by atoms with Gasteiger partial charge < -0.3 is 15.0 Å². The van der Waals surface area contributed by atoms with Crippen LogP contribution in [0.3, 0.4) is 0 Å². The minimum Gasteiger partial charge on any atom is -0.497 e. The molecule has 1 saturated carbocycles. The number of thioether (sulfide) groups is 1. The molecular weight excluding hydrogens is 439 g/mol. The predicted octanol–water partition coefficient (Wildman–Crippen LogP) is 4.93. The molecule has 5 nitrogen and oxygen atoms in total. The van der Waals surface area contributed by atoms with Gasteiger partial charge in [-0.25, -0.2) is 4.39 Å². The fourth-order valence-electron chi connectivity index (χ4n) is 4.07. The topological polar surface area (TPSA) is 58.6 Å². The highest BCUT2D eigenvalue weighted by Gasteiger charge is 2.28. The Morgan fingerprint density at radius 3 is 2.64 bits per heavy atom. The molecule has 2 amide bonds. The van der Waals surface area contributed by atoms with Gasteiger partial charge >= 0.3 is 0 Å². The summed E-state index contributed by atoms with van der Waals surface area (Å²) in [7, 11) is 1.60. The Morgan fingerprint density at radius 2 is 1.91 bits per heavy atom. The molecule has 1 fully saturated rings. The van der Waals surface area contributed by atoms with Crippen LogP contribution < -0.4 is 10.1 Å². The van der Waals surface area contributed by atoms with Crippen LogP contribution in [0.15, 0.2) is 48.5 Å². The van der Waals surface area contributed by atoms with Crippen molar-refractivity contribution in [3.05, 3.63) is 65.5 Å². The van der Waals surface area contributed by atoms with Crippen molar-refractivity contribution in [1.29, 1.82) is 0 Å². The SMILES string of the molecule is COc1cccc(CN(C(=O)CSCc2ccccc2F)[C@@H](C)C(=O)NC2CCCCC2)c1. The van der Waals surface area contributed by atoms with Gasteiger partial charge in [0.1, 0.15) is 17.6 Å². The largest absolute Gasteiger partial charge is 0.497 e. The minimum atomic E-state index is -0.611. The molecule has 0 heterocycles. The lowest BCUT2D eigenvalue weighted by atomic mass is 9.95. The van der Waals surface area contributed by atoms with Crippen molar-refractivity contribution in [2.24, 2.45) is 0 Å². The van der Waals surface area contributed by atoms with Crippen molar-refractivity contribution in [2.45, 2.75) is 63.4 Å². The van der Waals surface area contributed by atoms with Crippen LogP contribution in [0.1, 0.15) is 50.2 Å². The fourth-order valence-corrected chi connectivity index (χ4v) is 4.96. The van der Waals surface area contributed by atoms with E-state index in [4.69, 9.17) is 4.74 Å². The van der Waals surface area contributed by atoms with Crippen LogP contribution in [0.2, 0.25) is 0 Å². The average Bonchev–Trinajstić information content (AvgIpc) is 2.84. The Labute approximate surface area is 200 Å². The molecule has 1 atom stereocenters. The summed E-state index contributed by atoms with van der Waals surface area (Å²) in [6.45, 7) is 2.08. The van der Waals surface area contributed by atoms with E-state index in [1.165, 1.54) is 24.2 Å². The Balaban J connectivity index is 1.68. The molecule has 0 unspecified atom stereocenters. The van der Waals surface area contributed by atoms with Gasteiger partial charge in [0.25, 0.3) is 0 Å². The Kier molecular flexibility index (Phi) is 9.61. The van der Waals surface area contributed by atoms with Gasteiger partial charge in [-0.05, 0) is 49.1 Å². The van der Waals surface area contributed by atoms with Crippen molar-refractivity contribution >= 4 is 23.6 Å². The molecule has 1 N–H and O–H groups in total. The molecule has 3 rings (SSSR count). The van der Waals surface area contributed by atoms with Gasteiger partial charge in [-0.15, -0.1) is 11.8 Å². The standard InChI is InChI=1S/C26H33FN2O3S/c1-19(26(31)28-22-11-4-3-5-12-22)29(16-20-9-8-13-23(15-20)32-2)25(30)18-33-17-21-10-6-7-14-24(21)27/h6-10,13-15,19,22H,3-5,11-12,16-18H2,1-2H3,(H,28,31)/t19-/m0/s1. The first kappa shape index (κ1) is 25.1. The van der Waals surface area contributed by atoms with E-state index < -0.39 is 6.04 Å². The molecule has 178 valence electrons. The van der Waals surface area contributed by atoms with E-state index in [1.807, 2.05) is 24.3 Å². The van der Waals surface area contributed by atoms with Crippen molar-refractivity contribution < 1.29 is 18.7 Å². The van der Waals surface area contributed by atoms with Crippen LogP contribution in [0.25, 0.3) is 0 Å². The third kappa shape index (κ3) is 7.49. The number of carbonyl (C=O) groups is 2. The van der Waals surface area contributed by atoms with E-state index in [9.17, 15) is 14.0 Å². The van der Waals surface area contributed by atoms with Crippen molar-refractivity contribution in [3.63, 3.8) is 0 Å². The lowest BCUT2D eigenvalue weighted by Crippen LogP contribution is -2.50. The minimum absolute atomic E-state index is 0.128. The molecular formula is C26H33FN2O3S. The van der Waals surface area contributed by atoms with Crippen LogP contribution in [0.4, 0.5) is 4.39 Å². The van der Waals surface area contributed by atoms with Crippen LogP contribution in [-0.2, 0) is 21.9 Å². The number of nitrogens with one attached hydrogen (secondary N) is 1. The van der Waals surface area contributed by atoms with Gasteiger partial charge in [0, 0.05) is 18.3 Å². The van der Waals surface area contributed by atoms with Crippen LogP contribution in [-0.4, -0.2) is 41.7 Å². The van der Waals surface area contributed by atoms with Crippen molar-refractivity contribution in [1.82, 2.24) is 10.2 Å². The maximum Gasteiger partial charge on any atom is 0.242 e. The number of halogens is 1. The van der Waals surface area contributed by atoms with Crippen LogP contribution >= 0.6 is 11.8 Å². The summed E-state index contributed by atoms with van der Waals surface area (Å²) in [6, 6.07) is 13.7.